The number of carbonyl (C=O) groups excluding carboxylic acids is 1. The topological polar surface area (TPSA) is 114 Å². The van der Waals surface area contributed by atoms with Crippen molar-refractivity contribution in [2.45, 2.75) is 19.9 Å². The Balaban J connectivity index is 4.34. The fourth-order valence-corrected chi connectivity index (χ4v) is 0.798. The van der Waals surface area contributed by atoms with Gasteiger partial charge in [0.2, 0.25) is 0 Å². The third-order valence-electron chi connectivity index (χ3n) is 1.40. The summed E-state index contributed by atoms with van der Waals surface area (Å²) in [6, 6.07) is -1.21. The summed E-state index contributed by atoms with van der Waals surface area (Å²) < 4.78 is 0. The summed E-state index contributed by atoms with van der Waals surface area (Å²) in [5.74, 6) is -0.0304. The molecule has 0 aromatic rings. The molecule has 70 valence electrons. The molecule has 0 saturated carbocycles. The quantitative estimate of drug-likeness (QED) is 0.199. The Morgan fingerprint density at radius 1 is 1.50 bits per heavy atom. The van der Waals surface area contributed by atoms with E-state index >= 15 is 0 Å². The summed E-state index contributed by atoms with van der Waals surface area (Å²) in [6.07, 6.45) is 0. The van der Waals surface area contributed by atoms with E-state index in [1.165, 1.54) is 0 Å². The van der Waals surface area contributed by atoms with Crippen LogP contribution >= 0.6 is 0 Å². The smallest absolute Gasteiger partial charge is 0.312 e. The van der Waals surface area contributed by atoms with E-state index in [2.05, 4.69) is 10.5 Å². The molecule has 0 saturated heterocycles. The van der Waals surface area contributed by atoms with E-state index < -0.39 is 12.1 Å². The van der Waals surface area contributed by atoms with Crippen LogP contribution in [0.25, 0.3) is 0 Å². The zero-order valence-corrected chi connectivity index (χ0v) is 7.11. The lowest BCUT2D eigenvalue weighted by atomic mass is 10.0. The van der Waals surface area contributed by atoms with Gasteiger partial charge in [-0.2, -0.15) is 0 Å². The van der Waals surface area contributed by atoms with Gasteiger partial charge in [-0.1, -0.05) is 19.0 Å². The number of carbonyl (C=O) groups is 1. The van der Waals surface area contributed by atoms with E-state index in [0.717, 1.165) is 0 Å². The monoisotopic (exact) mass is 174 g/mol. The maximum absolute atomic E-state index is 10.5. The standard InChI is InChI=1S/C6H14N4O2/c1-3(2)4(5(7)10-12)9-6(8)11/h3-4,12H,1-2H3,(H2,7,10)(H3,8,9,11). The number of nitrogens with zero attached hydrogens (tertiary/aromatic N) is 1. The molecule has 0 bridgehead atoms. The Labute approximate surface area is 70.6 Å². The van der Waals surface area contributed by atoms with Gasteiger partial charge in [-0.05, 0) is 5.92 Å². The molecule has 0 aliphatic heterocycles. The van der Waals surface area contributed by atoms with Crippen LogP contribution in [0.3, 0.4) is 0 Å². The maximum atomic E-state index is 10.5. The number of hydrogen-bond donors (Lipinski definition) is 4. The molecule has 0 aliphatic carbocycles. The number of urea groups is 1. The molecule has 0 aromatic carbocycles. The highest BCUT2D eigenvalue weighted by Gasteiger charge is 2.18. The zero-order valence-electron chi connectivity index (χ0n) is 7.11. The zero-order chi connectivity index (χ0) is 9.72. The summed E-state index contributed by atoms with van der Waals surface area (Å²) in [6.45, 7) is 3.64. The highest BCUT2D eigenvalue weighted by molar-refractivity contribution is 5.89. The van der Waals surface area contributed by atoms with Crippen LogP contribution in [-0.2, 0) is 0 Å². The molecule has 6 heteroatoms. The lowest BCUT2D eigenvalue weighted by molar-refractivity contribution is 0.244. The minimum atomic E-state index is -0.694. The van der Waals surface area contributed by atoms with Gasteiger partial charge in [0.15, 0.2) is 5.84 Å². The predicted molar refractivity (Wildman–Crippen MR) is 44.8 cm³/mol. The minimum absolute atomic E-state index is 0.0217. The number of amides is 2. The van der Waals surface area contributed by atoms with E-state index in [0.29, 0.717) is 0 Å². The van der Waals surface area contributed by atoms with Gasteiger partial charge in [-0.3, -0.25) is 0 Å². The van der Waals surface area contributed by atoms with Crippen LogP contribution in [0.4, 0.5) is 4.79 Å². The first kappa shape index (κ1) is 10.5. The Morgan fingerprint density at radius 3 is 2.25 bits per heavy atom. The summed E-state index contributed by atoms with van der Waals surface area (Å²) in [4.78, 5) is 10.5. The van der Waals surface area contributed by atoms with Crippen LogP contribution in [0.2, 0.25) is 0 Å². The Hall–Kier alpha value is -1.46. The van der Waals surface area contributed by atoms with Crippen LogP contribution in [0.15, 0.2) is 5.16 Å². The number of rotatable bonds is 3. The Kier molecular flexibility index (Phi) is 3.89. The van der Waals surface area contributed by atoms with E-state index in [1.54, 1.807) is 0 Å². The van der Waals surface area contributed by atoms with Gasteiger partial charge in [0.1, 0.15) is 0 Å². The van der Waals surface area contributed by atoms with Crippen molar-refractivity contribution in [1.29, 1.82) is 0 Å². The number of oxime groups is 1. The second-order valence-electron chi connectivity index (χ2n) is 2.76. The molecule has 1 unspecified atom stereocenters. The molecular formula is C6H14N4O2. The minimum Gasteiger partial charge on any atom is -0.409 e. The molecule has 0 radical (unpaired) electrons. The van der Waals surface area contributed by atoms with E-state index in [1.807, 2.05) is 13.8 Å². The molecule has 0 aromatic heterocycles. The fourth-order valence-electron chi connectivity index (χ4n) is 0.798. The second kappa shape index (κ2) is 4.42. The summed E-state index contributed by atoms with van der Waals surface area (Å²) >= 11 is 0. The highest BCUT2D eigenvalue weighted by atomic mass is 16.4. The Morgan fingerprint density at radius 2 is 2.00 bits per heavy atom. The number of nitrogens with one attached hydrogen (secondary N) is 1. The third kappa shape index (κ3) is 3.09. The largest absolute Gasteiger partial charge is 0.409 e. The number of primary amides is 1. The van der Waals surface area contributed by atoms with Gasteiger partial charge in [-0.25, -0.2) is 4.79 Å². The third-order valence-corrected chi connectivity index (χ3v) is 1.40. The van der Waals surface area contributed by atoms with Crippen LogP contribution in [0, 0.1) is 5.92 Å². The average molecular weight is 174 g/mol. The Bertz CT molecular complexity index is 190. The molecule has 0 spiro atoms. The van der Waals surface area contributed by atoms with E-state index in [4.69, 9.17) is 16.7 Å². The predicted octanol–water partition coefficient (Wildman–Crippen LogP) is -0.574. The van der Waals surface area contributed by atoms with Crippen molar-refractivity contribution in [3.8, 4) is 0 Å². The molecule has 0 fully saturated rings. The molecule has 6 N–H and O–H groups in total. The lowest BCUT2D eigenvalue weighted by Gasteiger charge is -2.19. The van der Waals surface area contributed by atoms with Crippen molar-refractivity contribution in [2.24, 2.45) is 22.5 Å². The molecule has 0 aliphatic rings. The van der Waals surface area contributed by atoms with Crippen molar-refractivity contribution in [1.82, 2.24) is 5.32 Å². The maximum Gasteiger partial charge on any atom is 0.312 e. The summed E-state index contributed by atoms with van der Waals surface area (Å²) in [7, 11) is 0. The fraction of sp³-hybridized carbons (Fsp3) is 0.667. The van der Waals surface area contributed by atoms with Crippen LogP contribution in [0.1, 0.15) is 13.8 Å². The van der Waals surface area contributed by atoms with Crippen LogP contribution in [-0.4, -0.2) is 23.1 Å². The van der Waals surface area contributed by atoms with Gasteiger partial charge >= 0.3 is 6.03 Å². The van der Waals surface area contributed by atoms with Gasteiger partial charge in [-0.15, -0.1) is 0 Å². The number of hydrogen-bond acceptors (Lipinski definition) is 3. The van der Waals surface area contributed by atoms with E-state index in [-0.39, 0.29) is 11.8 Å². The SMILES string of the molecule is CC(C)C(NC(N)=O)C(N)=NO. The van der Waals surface area contributed by atoms with Gasteiger partial charge in [0.25, 0.3) is 0 Å². The first-order valence-electron chi connectivity index (χ1n) is 3.52. The lowest BCUT2D eigenvalue weighted by Crippen LogP contribution is -2.49. The first-order valence-corrected chi connectivity index (χ1v) is 3.52. The molecule has 0 heterocycles. The van der Waals surface area contributed by atoms with Crippen LogP contribution in [0.5, 0.6) is 0 Å². The van der Waals surface area contributed by atoms with Crippen molar-refractivity contribution in [2.75, 3.05) is 0 Å². The van der Waals surface area contributed by atoms with E-state index in [9.17, 15) is 4.79 Å². The van der Waals surface area contributed by atoms with Crippen molar-refractivity contribution < 1.29 is 10.0 Å². The van der Waals surface area contributed by atoms with Gasteiger partial charge < -0.3 is 22.0 Å². The van der Waals surface area contributed by atoms with Crippen molar-refractivity contribution >= 4 is 11.9 Å². The molecule has 6 nitrogen and oxygen atoms in total. The molecular weight excluding hydrogens is 160 g/mol. The van der Waals surface area contributed by atoms with Crippen molar-refractivity contribution in [3.05, 3.63) is 0 Å². The van der Waals surface area contributed by atoms with Gasteiger partial charge in [0.05, 0.1) is 6.04 Å². The average Bonchev–Trinajstić information content (AvgIpc) is 1.98. The summed E-state index contributed by atoms with van der Waals surface area (Å²) in [5.41, 5.74) is 10.2. The molecule has 0 rings (SSSR count). The summed E-state index contributed by atoms with van der Waals surface area (Å²) in [5, 5.41) is 13.5. The van der Waals surface area contributed by atoms with Crippen LogP contribution < -0.4 is 16.8 Å². The highest BCUT2D eigenvalue weighted by Crippen LogP contribution is 2.00. The normalized spacial score (nSPS) is 14.4. The number of nitrogens with two attached hydrogens (primary N) is 2. The molecule has 2 amide bonds. The van der Waals surface area contributed by atoms with Crippen molar-refractivity contribution in [3.63, 3.8) is 0 Å². The molecule has 1 atom stereocenters. The first-order chi connectivity index (χ1) is 5.49. The molecule has 12 heavy (non-hydrogen) atoms. The second-order valence-corrected chi connectivity index (χ2v) is 2.76. The van der Waals surface area contributed by atoms with Gasteiger partial charge in [0, 0.05) is 0 Å². The number of amidine groups is 1.